The van der Waals surface area contributed by atoms with Crippen LogP contribution in [-0.4, -0.2) is 4.98 Å². The Balaban J connectivity index is 0.000000671. The second-order valence-electron chi connectivity index (χ2n) is 2.14. The first-order valence-electron chi connectivity index (χ1n) is 3.92. The summed E-state index contributed by atoms with van der Waals surface area (Å²) in [4.78, 5) is 3.19. The second-order valence-corrected chi connectivity index (χ2v) is 2.14. The third-order valence-electron chi connectivity index (χ3n) is 1.17. The van der Waals surface area contributed by atoms with E-state index in [1.165, 1.54) is 13.8 Å². The summed E-state index contributed by atoms with van der Waals surface area (Å²) in [5.74, 6) is -0.148. The predicted octanol–water partition coefficient (Wildman–Crippen LogP) is 3.34. The molecule has 0 saturated carbocycles. The van der Waals surface area contributed by atoms with Crippen molar-refractivity contribution in [1.82, 2.24) is 4.98 Å². The summed E-state index contributed by atoms with van der Waals surface area (Å²) >= 11 is 0. The van der Waals surface area contributed by atoms with Crippen molar-refractivity contribution in [2.24, 2.45) is 0 Å². The van der Waals surface area contributed by atoms with E-state index in [4.69, 9.17) is 0 Å². The number of hydrogen-bond acceptors (Lipinski definition) is 2. The van der Waals surface area contributed by atoms with Crippen molar-refractivity contribution in [3.63, 3.8) is 0 Å². The lowest BCUT2D eigenvalue weighted by Gasteiger charge is -2.00. The predicted molar refractivity (Wildman–Crippen MR) is 42.3 cm³/mol. The van der Waals surface area contributed by atoms with Gasteiger partial charge in [0.05, 0.1) is 0 Å². The van der Waals surface area contributed by atoms with Crippen molar-refractivity contribution in [2.45, 2.75) is 33.9 Å². The first-order chi connectivity index (χ1) is 5.91. The van der Waals surface area contributed by atoms with Gasteiger partial charge in [0.25, 0.3) is 0 Å². The Morgan fingerprint density at radius 2 is 1.62 bits per heavy atom. The average molecular weight is 195 g/mol. The molecule has 1 rings (SSSR count). The summed E-state index contributed by atoms with van der Waals surface area (Å²) < 4.78 is 40.4. The van der Waals surface area contributed by atoms with Gasteiger partial charge in [-0.2, -0.15) is 13.2 Å². The second kappa shape index (κ2) is 4.30. The molecule has 1 aromatic heterocycles. The number of rotatable bonds is 0. The smallest absolute Gasteiger partial charge is 0.436 e. The maximum Gasteiger partial charge on any atom is 0.436 e. The van der Waals surface area contributed by atoms with Crippen LogP contribution in [-0.2, 0) is 6.18 Å². The van der Waals surface area contributed by atoms with E-state index in [1.54, 1.807) is 0 Å². The molecule has 76 valence electrons. The lowest BCUT2D eigenvalue weighted by molar-refractivity contribution is -0.141. The van der Waals surface area contributed by atoms with E-state index in [1.807, 2.05) is 13.8 Å². The van der Waals surface area contributed by atoms with Crippen molar-refractivity contribution in [3.05, 3.63) is 17.3 Å². The summed E-state index contributed by atoms with van der Waals surface area (Å²) in [7, 11) is 0. The Hall–Kier alpha value is -1.00. The SMILES string of the molecule is CC.Cc1nc(C(F)(F)F)c(C)o1. The number of alkyl halides is 3. The Morgan fingerprint density at radius 3 is 1.77 bits per heavy atom. The first-order valence-corrected chi connectivity index (χ1v) is 3.92. The summed E-state index contributed by atoms with van der Waals surface area (Å²) in [6.45, 7) is 6.62. The van der Waals surface area contributed by atoms with Crippen LogP contribution in [0, 0.1) is 13.8 Å². The van der Waals surface area contributed by atoms with Crippen LogP contribution in [0.25, 0.3) is 0 Å². The molecule has 0 atom stereocenters. The standard InChI is InChI=1S/C6H6F3NO.C2H6/c1-3-5(6(7,8)9)10-4(2)11-3;1-2/h1-2H3;1-2H3. The molecule has 0 bridgehead atoms. The minimum atomic E-state index is -4.40. The van der Waals surface area contributed by atoms with E-state index in [9.17, 15) is 13.2 Å². The number of oxazole rings is 1. The Labute approximate surface area is 74.8 Å². The number of nitrogens with zero attached hydrogens (tertiary/aromatic N) is 1. The van der Waals surface area contributed by atoms with E-state index < -0.39 is 11.9 Å². The van der Waals surface area contributed by atoms with Crippen LogP contribution in [0.3, 0.4) is 0 Å². The van der Waals surface area contributed by atoms with E-state index in [-0.39, 0.29) is 11.7 Å². The molecule has 0 aliphatic rings. The third kappa shape index (κ3) is 3.08. The molecule has 1 aromatic rings. The number of aromatic nitrogens is 1. The van der Waals surface area contributed by atoms with Gasteiger partial charge < -0.3 is 4.42 Å². The van der Waals surface area contributed by atoms with Gasteiger partial charge in [-0.3, -0.25) is 0 Å². The Morgan fingerprint density at radius 1 is 1.15 bits per heavy atom. The summed E-state index contributed by atoms with van der Waals surface area (Å²) in [6, 6.07) is 0. The van der Waals surface area contributed by atoms with Crippen LogP contribution < -0.4 is 0 Å². The van der Waals surface area contributed by atoms with E-state index in [0.717, 1.165) is 0 Å². The van der Waals surface area contributed by atoms with Crippen molar-refractivity contribution >= 4 is 0 Å². The summed E-state index contributed by atoms with van der Waals surface area (Å²) in [5, 5.41) is 0. The number of hydrogen-bond donors (Lipinski definition) is 0. The minimum absolute atomic E-state index is 0.0369. The fraction of sp³-hybridized carbons (Fsp3) is 0.625. The van der Waals surface area contributed by atoms with Gasteiger partial charge >= 0.3 is 6.18 Å². The normalized spacial score (nSPS) is 10.7. The van der Waals surface area contributed by atoms with Crippen molar-refractivity contribution in [3.8, 4) is 0 Å². The van der Waals surface area contributed by atoms with Gasteiger partial charge in [0.1, 0.15) is 5.76 Å². The van der Waals surface area contributed by atoms with Crippen LogP contribution in [0.1, 0.15) is 31.2 Å². The topological polar surface area (TPSA) is 26.0 Å². The zero-order chi connectivity index (χ0) is 10.6. The van der Waals surface area contributed by atoms with Gasteiger partial charge in [0.15, 0.2) is 11.6 Å². The molecule has 0 radical (unpaired) electrons. The monoisotopic (exact) mass is 195 g/mol. The molecule has 0 aliphatic carbocycles. The van der Waals surface area contributed by atoms with E-state index in [2.05, 4.69) is 9.40 Å². The quantitative estimate of drug-likeness (QED) is 0.634. The summed E-state index contributed by atoms with van der Waals surface area (Å²) in [6.07, 6.45) is -4.40. The molecule has 0 aliphatic heterocycles. The number of aryl methyl sites for hydroxylation is 2. The largest absolute Gasteiger partial charge is 0.446 e. The molecule has 13 heavy (non-hydrogen) atoms. The molecule has 0 fully saturated rings. The van der Waals surface area contributed by atoms with E-state index >= 15 is 0 Å². The van der Waals surface area contributed by atoms with Crippen LogP contribution in [0.4, 0.5) is 13.2 Å². The number of halogens is 3. The highest BCUT2D eigenvalue weighted by Crippen LogP contribution is 2.30. The minimum Gasteiger partial charge on any atom is -0.446 e. The molecule has 0 saturated heterocycles. The summed E-state index contributed by atoms with van der Waals surface area (Å²) in [5.41, 5.74) is -0.935. The van der Waals surface area contributed by atoms with Crippen LogP contribution in [0.5, 0.6) is 0 Å². The fourth-order valence-corrected chi connectivity index (χ4v) is 0.792. The first kappa shape index (κ1) is 12.0. The van der Waals surface area contributed by atoms with E-state index in [0.29, 0.717) is 0 Å². The zero-order valence-corrected chi connectivity index (χ0v) is 7.99. The van der Waals surface area contributed by atoms with Crippen molar-refractivity contribution in [2.75, 3.05) is 0 Å². The Bertz CT molecular complexity index is 265. The molecule has 0 amide bonds. The molecule has 1 heterocycles. The molecule has 0 spiro atoms. The third-order valence-corrected chi connectivity index (χ3v) is 1.17. The molecular weight excluding hydrogens is 183 g/mol. The van der Waals surface area contributed by atoms with Crippen LogP contribution >= 0.6 is 0 Å². The van der Waals surface area contributed by atoms with Gasteiger partial charge in [-0.05, 0) is 6.92 Å². The highest BCUT2D eigenvalue weighted by atomic mass is 19.4. The maximum absolute atomic E-state index is 11.9. The van der Waals surface area contributed by atoms with Gasteiger partial charge in [0.2, 0.25) is 0 Å². The Kier molecular flexibility index (Phi) is 3.97. The molecule has 0 unspecified atom stereocenters. The molecule has 2 nitrogen and oxygen atoms in total. The average Bonchev–Trinajstić information content (AvgIpc) is 2.33. The van der Waals surface area contributed by atoms with Gasteiger partial charge in [-0.15, -0.1) is 0 Å². The maximum atomic E-state index is 11.9. The molecule has 5 heteroatoms. The van der Waals surface area contributed by atoms with Gasteiger partial charge in [0, 0.05) is 6.92 Å². The van der Waals surface area contributed by atoms with Gasteiger partial charge in [-0.25, -0.2) is 4.98 Å². The van der Waals surface area contributed by atoms with Crippen LogP contribution in [0.2, 0.25) is 0 Å². The van der Waals surface area contributed by atoms with Crippen molar-refractivity contribution in [1.29, 1.82) is 0 Å². The fourth-order valence-electron chi connectivity index (χ4n) is 0.792. The zero-order valence-electron chi connectivity index (χ0n) is 7.99. The molecule has 0 aromatic carbocycles. The van der Waals surface area contributed by atoms with Crippen molar-refractivity contribution < 1.29 is 17.6 Å². The molecule has 0 N–H and O–H groups in total. The van der Waals surface area contributed by atoms with Crippen LogP contribution in [0.15, 0.2) is 4.42 Å². The molecular formula is C8H12F3NO. The lowest BCUT2D eigenvalue weighted by Crippen LogP contribution is -2.06. The highest BCUT2D eigenvalue weighted by Gasteiger charge is 2.36. The highest BCUT2D eigenvalue weighted by molar-refractivity contribution is 5.11. The van der Waals surface area contributed by atoms with Gasteiger partial charge in [-0.1, -0.05) is 13.8 Å². The lowest BCUT2D eigenvalue weighted by atomic mass is 10.4.